The van der Waals surface area contributed by atoms with E-state index in [2.05, 4.69) is 70.9 Å². The van der Waals surface area contributed by atoms with Crippen LogP contribution in [0.15, 0.2) is 24.7 Å². The van der Waals surface area contributed by atoms with Gasteiger partial charge >= 0.3 is 0 Å². The number of nitrogens with zero attached hydrogens (tertiary/aromatic N) is 6. The summed E-state index contributed by atoms with van der Waals surface area (Å²) in [5, 5.41) is 14.6. The zero-order valence-corrected chi connectivity index (χ0v) is 22.5. The van der Waals surface area contributed by atoms with E-state index in [1.807, 2.05) is 18.4 Å². The van der Waals surface area contributed by atoms with Crippen LogP contribution in [0, 0.1) is 13.8 Å². The number of anilines is 1. The molecule has 8 heteroatoms. The number of pyridine rings is 2. The van der Waals surface area contributed by atoms with E-state index < -0.39 is 5.60 Å². The molecule has 0 aromatic carbocycles. The molecular weight excluding hydrogens is 450 g/mol. The second kappa shape index (κ2) is 9.48. The maximum absolute atomic E-state index is 10.2. The summed E-state index contributed by atoms with van der Waals surface area (Å²) in [4.78, 5) is 18.2. The summed E-state index contributed by atoms with van der Waals surface area (Å²) in [5.41, 5.74) is 8.24. The van der Waals surface area contributed by atoms with Crippen molar-refractivity contribution in [3.05, 3.63) is 41.3 Å². The molecule has 1 aliphatic heterocycles. The number of fused-ring (bicyclic) bond motifs is 2. The number of aromatic nitrogens is 5. The quantitative estimate of drug-likeness (QED) is 0.423. The first-order chi connectivity index (χ1) is 17.1. The van der Waals surface area contributed by atoms with Crippen LogP contribution in [0.25, 0.3) is 27.9 Å². The molecule has 0 saturated carbocycles. The standard InChI is InChI=1S/C28H39N7O/c1-18(2)24-25(21-15-35-27(29-17-30-35)20(4)19(21)3)31-22-9-10-23(32-26(22)24)34-13-7-11-33(12-8-14-34)16-28(5,6)36/h9-10,15,17-18,31,36H,7-8,11-14,16H2,1-6H3. The molecule has 8 nitrogen and oxygen atoms in total. The van der Waals surface area contributed by atoms with Gasteiger partial charge in [0.2, 0.25) is 0 Å². The van der Waals surface area contributed by atoms with Crippen LogP contribution in [-0.4, -0.2) is 72.9 Å². The van der Waals surface area contributed by atoms with E-state index in [9.17, 15) is 5.11 Å². The number of aromatic amines is 1. The van der Waals surface area contributed by atoms with Crippen LogP contribution in [0.4, 0.5) is 5.82 Å². The molecule has 0 aliphatic carbocycles. The molecule has 0 amide bonds. The predicted octanol–water partition coefficient (Wildman–Crippen LogP) is 4.69. The highest BCUT2D eigenvalue weighted by atomic mass is 16.3. The summed E-state index contributed by atoms with van der Waals surface area (Å²) < 4.78 is 1.87. The molecule has 1 saturated heterocycles. The number of nitrogens with one attached hydrogen (secondary N) is 1. The number of β-amino-alcohol motifs (C(OH)–C–C–N with tert-alkyl or cyclic N) is 1. The molecule has 4 aromatic heterocycles. The van der Waals surface area contributed by atoms with E-state index in [-0.39, 0.29) is 0 Å². The van der Waals surface area contributed by atoms with Crippen LogP contribution in [0.3, 0.4) is 0 Å². The fraction of sp³-hybridized carbons (Fsp3) is 0.536. The fourth-order valence-corrected chi connectivity index (χ4v) is 5.61. The van der Waals surface area contributed by atoms with Crippen molar-refractivity contribution in [3.63, 3.8) is 0 Å². The Bertz CT molecular complexity index is 1370. The van der Waals surface area contributed by atoms with Gasteiger partial charge in [-0.25, -0.2) is 14.5 Å². The molecule has 0 radical (unpaired) electrons. The molecule has 0 atom stereocenters. The van der Waals surface area contributed by atoms with Crippen molar-refractivity contribution in [1.29, 1.82) is 0 Å². The highest BCUT2D eigenvalue weighted by Crippen LogP contribution is 2.38. The van der Waals surface area contributed by atoms with Crippen LogP contribution in [0.2, 0.25) is 0 Å². The monoisotopic (exact) mass is 489 g/mol. The van der Waals surface area contributed by atoms with E-state index in [0.717, 1.165) is 84.9 Å². The normalized spacial score (nSPS) is 16.3. The summed E-state index contributed by atoms with van der Waals surface area (Å²) in [7, 11) is 0. The highest BCUT2D eigenvalue weighted by molar-refractivity contribution is 5.90. The lowest BCUT2D eigenvalue weighted by Crippen LogP contribution is -2.43. The van der Waals surface area contributed by atoms with Crippen molar-refractivity contribution in [2.75, 3.05) is 37.6 Å². The summed E-state index contributed by atoms with van der Waals surface area (Å²) in [6, 6.07) is 4.34. The third-order valence-corrected chi connectivity index (χ3v) is 7.38. The van der Waals surface area contributed by atoms with Crippen molar-refractivity contribution in [2.45, 2.75) is 65.9 Å². The fourth-order valence-electron chi connectivity index (χ4n) is 5.61. The molecule has 192 valence electrons. The van der Waals surface area contributed by atoms with Crippen molar-refractivity contribution in [1.82, 2.24) is 29.5 Å². The maximum Gasteiger partial charge on any atom is 0.158 e. The summed E-state index contributed by atoms with van der Waals surface area (Å²) in [5.74, 6) is 1.36. The minimum absolute atomic E-state index is 0.311. The Hall–Kier alpha value is -2.97. The minimum atomic E-state index is -0.653. The van der Waals surface area contributed by atoms with Crippen molar-refractivity contribution in [2.24, 2.45) is 0 Å². The Labute approximate surface area is 213 Å². The van der Waals surface area contributed by atoms with Gasteiger partial charge in [0.05, 0.1) is 22.3 Å². The van der Waals surface area contributed by atoms with Gasteiger partial charge in [0.1, 0.15) is 12.1 Å². The van der Waals surface area contributed by atoms with Crippen LogP contribution < -0.4 is 4.90 Å². The van der Waals surface area contributed by atoms with Crippen molar-refractivity contribution >= 4 is 22.5 Å². The Morgan fingerprint density at radius 3 is 2.44 bits per heavy atom. The molecule has 4 aromatic rings. The molecule has 0 spiro atoms. The lowest BCUT2D eigenvalue weighted by molar-refractivity contribution is 0.0348. The first kappa shape index (κ1) is 24.7. The smallest absolute Gasteiger partial charge is 0.158 e. The van der Waals surface area contributed by atoms with Crippen molar-refractivity contribution in [3.8, 4) is 11.3 Å². The van der Waals surface area contributed by atoms with Crippen LogP contribution in [0.1, 0.15) is 63.1 Å². The highest BCUT2D eigenvalue weighted by Gasteiger charge is 2.23. The second-order valence-electron chi connectivity index (χ2n) is 11.2. The van der Waals surface area contributed by atoms with E-state index >= 15 is 0 Å². The van der Waals surface area contributed by atoms with Gasteiger partial charge < -0.3 is 19.9 Å². The van der Waals surface area contributed by atoms with Crippen LogP contribution in [-0.2, 0) is 0 Å². The Morgan fingerprint density at radius 1 is 1.06 bits per heavy atom. The van der Waals surface area contributed by atoms with Crippen LogP contribution >= 0.6 is 0 Å². The van der Waals surface area contributed by atoms with Gasteiger partial charge in [0, 0.05) is 37.0 Å². The molecule has 36 heavy (non-hydrogen) atoms. The Morgan fingerprint density at radius 2 is 1.78 bits per heavy atom. The van der Waals surface area contributed by atoms with Crippen molar-refractivity contribution < 1.29 is 5.11 Å². The second-order valence-corrected chi connectivity index (χ2v) is 11.2. The van der Waals surface area contributed by atoms with E-state index in [1.165, 1.54) is 11.1 Å². The lowest BCUT2D eigenvalue weighted by Gasteiger charge is -2.33. The van der Waals surface area contributed by atoms with E-state index in [1.54, 1.807) is 6.33 Å². The Kier molecular flexibility index (Phi) is 6.51. The van der Waals surface area contributed by atoms with E-state index in [4.69, 9.17) is 4.98 Å². The number of hydrogen-bond acceptors (Lipinski definition) is 6. The zero-order valence-electron chi connectivity index (χ0n) is 22.5. The third kappa shape index (κ3) is 4.72. The zero-order chi connectivity index (χ0) is 25.6. The molecular formula is C28H39N7O. The van der Waals surface area contributed by atoms with Gasteiger partial charge in [0.25, 0.3) is 0 Å². The van der Waals surface area contributed by atoms with Gasteiger partial charge in [-0.05, 0) is 82.8 Å². The summed E-state index contributed by atoms with van der Waals surface area (Å²) >= 11 is 0. The molecule has 0 unspecified atom stereocenters. The number of H-pyrrole nitrogens is 1. The first-order valence-corrected chi connectivity index (χ1v) is 13.1. The predicted molar refractivity (Wildman–Crippen MR) is 146 cm³/mol. The minimum Gasteiger partial charge on any atom is -0.389 e. The number of aliphatic hydroxyl groups is 1. The van der Waals surface area contributed by atoms with Gasteiger partial charge in [-0.15, -0.1) is 0 Å². The molecule has 1 fully saturated rings. The molecule has 0 bridgehead atoms. The van der Waals surface area contributed by atoms with Gasteiger partial charge in [-0.2, -0.15) is 5.10 Å². The average molecular weight is 490 g/mol. The first-order valence-electron chi connectivity index (χ1n) is 13.1. The van der Waals surface area contributed by atoms with Gasteiger partial charge in [-0.1, -0.05) is 13.8 Å². The van der Waals surface area contributed by atoms with Gasteiger partial charge in [-0.3, -0.25) is 0 Å². The molecule has 1 aliphatic rings. The number of aryl methyl sites for hydroxylation is 1. The van der Waals surface area contributed by atoms with Gasteiger partial charge in [0.15, 0.2) is 5.65 Å². The lowest BCUT2D eigenvalue weighted by atomic mass is 9.95. The maximum atomic E-state index is 10.2. The number of rotatable bonds is 5. The number of hydrogen-bond donors (Lipinski definition) is 2. The molecule has 2 N–H and O–H groups in total. The van der Waals surface area contributed by atoms with E-state index in [0.29, 0.717) is 5.92 Å². The van der Waals surface area contributed by atoms with Crippen LogP contribution in [0.5, 0.6) is 0 Å². The topological polar surface area (TPSA) is 85.6 Å². The molecule has 5 heterocycles. The average Bonchev–Trinajstić information content (AvgIpc) is 3.41. The Balaban J connectivity index is 1.48. The SMILES string of the molecule is Cc1c(-c2[nH]c3ccc(N4CCCN(CC(C)(C)O)CCC4)nc3c2C(C)C)cn2ncnc2c1C. The summed E-state index contributed by atoms with van der Waals surface area (Å²) in [6.45, 7) is 17.2. The third-order valence-electron chi connectivity index (χ3n) is 7.38. The largest absolute Gasteiger partial charge is 0.389 e. The summed E-state index contributed by atoms with van der Waals surface area (Å²) in [6.07, 6.45) is 5.81. The molecule has 5 rings (SSSR count).